The van der Waals surface area contributed by atoms with Gasteiger partial charge in [0.05, 0.1) is 12.6 Å². The first-order chi connectivity index (χ1) is 13.0. The number of esters is 1. The van der Waals surface area contributed by atoms with Crippen molar-refractivity contribution in [1.82, 2.24) is 9.97 Å². The van der Waals surface area contributed by atoms with Crippen molar-refractivity contribution in [3.05, 3.63) is 57.5 Å². The summed E-state index contributed by atoms with van der Waals surface area (Å²) in [6, 6.07) is 7.68. The Labute approximate surface area is 167 Å². The lowest BCUT2D eigenvalue weighted by Crippen LogP contribution is -2.21. The molecular weight excluding hydrogens is 385 g/mol. The van der Waals surface area contributed by atoms with Gasteiger partial charge in [0.15, 0.2) is 5.69 Å². The van der Waals surface area contributed by atoms with E-state index in [-0.39, 0.29) is 16.3 Å². The number of rotatable bonds is 6. The summed E-state index contributed by atoms with van der Waals surface area (Å²) in [7, 11) is 1.32. The van der Waals surface area contributed by atoms with Crippen molar-refractivity contribution in [2.75, 3.05) is 12.4 Å². The summed E-state index contributed by atoms with van der Waals surface area (Å²) < 4.78 is 4.82. The molecule has 2 aliphatic rings. The molecule has 2 aromatic rings. The molecule has 0 aliphatic heterocycles. The topological polar surface area (TPSA) is 64.1 Å². The van der Waals surface area contributed by atoms with Gasteiger partial charge in [0.1, 0.15) is 16.7 Å². The van der Waals surface area contributed by atoms with Gasteiger partial charge in [-0.15, -0.1) is 0 Å². The standard InChI is InChI=1S/C20H19Cl2N3O2/c1-27-19(26)16-15(22)18(24-17(23-16)13-6-7-13)25-20(10-11-20)9-8-12-4-2-3-5-14(12)21/h2-5,8-9,13H,6-7,10-11H2,1H3,(H,23,24,25)/b9-8+. The molecule has 0 amide bonds. The Kier molecular flexibility index (Phi) is 4.82. The highest BCUT2D eigenvalue weighted by Crippen LogP contribution is 2.44. The van der Waals surface area contributed by atoms with E-state index in [9.17, 15) is 4.79 Å². The van der Waals surface area contributed by atoms with Gasteiger partial charge in [-0.3, -0.25) is 0 Å². The van der Waals surface area contributed by atoms with Crippen LogP contribution in [0.25, 0.3) is 6.08 Å². The summed E-state index contributed by atoms with van der Waals surface area (Å²) in [5.74, 6) is 0.868. The molecule has 1 aromatic carbocycles. The molecule has 0 saturated heterocycles. The lowest BCUT2D eigenvalue weighted by Gasteiger charge is -2.17. The van der Waals surface area contributed by atoms with E-state index < -0.39 is 5.97 Å². The largest absolute Gasteiger partial charge is 0.464 e. The number of ether oxygens (including phenoxy) is 1. The average Bonchev–Trinajstić information content (AvgIpc) is 3.58. The van der Waals surface area contributed by atoms with E-state index in [0.717, 1.165) is 31.2 Å². The monoisotopic (exact) mass is 403 g/mol. The van der Waals surface area contributed by atoms with E-state index in [1.54, 1.807) is 0 Å². The lowest BCUT2D eigenvalue weighted by atomic mass is 10.1. The zero-order chi connectivity index (χ0) is 19.0. The molecule has 5 nitrogen and oxygen atoms in total. The quantitative estimate of drug-likeness (QED) is 0.679. The summed E-state index contributed by atoms with van der Waals surface area (Å²) in [4.78, 5) is 21.0. The van der Waals surface area contributed by atoms with Crippen molar-refractivity contribution in [2.24, 2.45) is 0 Å². The van der Waals surface area contributed by atoms with Gasteiger partial charge < -0.3 is 10.1 Å². The average molecular weight is 404 g/mol. The predicted molar refractivity (Wildman–Crippen MR) is 106 cm³/mol. The third-order valence-electron chi connectivity index (χ3n) is 4.83. The molecule has 0 radical (unpaired) electrons. The fourth-order valence-corrected chi connectivity index (χ4v) is 3.27. The molecule has 0 atom stereocenters. The zero-order valence-electron chi connectivity index (χ0n) is 14.8. The second-order valence-corrected chi connectivity index (χ2v) is 7.78. The molecule has 0 bridgehead atoms. The first kappa shape index (κ1) is 18.3. The first-order valence-electron chi connectivity index (χ1n) is 8.89. The zero-order valence-corrected chi connectivity index (χ0v) is 16.3. The second kappa shape index (κ2) is 7.13. The molecule has 140 valence electrons. The Morgan fingerprint density at radius 3 is 2.63 bits per heavy atom. The van der Waals surface area contributed by atoms with Crippen molar-refractivity contribution in [3.8, 4) is 0 Å². The van der Waals surface area contributed by atoms with E-state index in [0.29, 0.717) is 22.6 Å². The number of hydrogen-bond donors (Lipinski definition) is 1. The number of benzene rings is 1. The van der Waals surface area contributed by atoms with Crippen molar-refractivity contribution >= 4 is 41.1 Å². The summed E-state index contributed by atoms with van der Waals surface area (Å²) in [5.41, 5.74) is 0.824. The third kappa shape index (κ3) is 3.94. The smallest absolute Gasteiger partial charge is 0.358 e. The van der Waals surface area contributed by atoms with Crippen molar-refractivity contribution in [2.45, 2.75) is 37.1 Å². The fraction of sp³-hybridized carbons (Fsp3) is 0.350. The van der Waals surface area contributed by atoms with Crippen LogP contribution >= 0.6 is 23.2 Å². The van der Waals surface area contributed by atoms with Crippen LogP contribution < -0.4 is 5.32 Å². The lowest BCUT2D eigenvalue weighted by molar-refractivity contribution is 0.0593. The first-order valence-corrected chi connectivity index (χ1v) is 9.65. The van der Waals surface area contributed by atoms with Crippen LogP contribution in [0.2, 0.25) is 10.0 Å². The van der Waals surface area contributed by atoms with E-state index in [2.05, 4.69) is 21.4 Å². The normalized spacial score (nSPS) is 17.7. The van der Waals surface area contributed by atoms with E-state index in [1.807, 2.05) is 30.3 Å². The van der Waals surface area contributed by atoms with Gasteiger partial charge in [0.25, 0.3) is 0 Å². The third-order valence-corrected chi connectivity index (χ3v) is 5.54. The Hall–Kier alpha value is -2.11. The van der Waals surface area contributed by atoms with Gasteiger partial charge in [-0.25, -0.2) is 14.8 Å². The van der Waals surface area contributed by atoms with Crippen LogP contribution in [0.1, 0.15) is 53.5 Å². The summed E-state index contributed by atoms with van der Waals surface area (Å²) in [6.45, 7) is 0. The Morgan fingerprint density at radius 1 is 1.26 bits per heavy atom. The summed E-state index contributed by atoms with van der Waals surface area (Å²) in [5, 5.41) is 4.31. The van der Waals surface area contributed by atoms with Gasteiger partial charge in [-0.05, 0) is 37.3 Å². The van der Waals surface area contributed by atoms with Gasteiger partial charge in [0, 0.05) is 10.9 Å². The van der Waals surface area contributed by atoms with Crippen LogP contribution in [0.3, 0.4) is 0 Å². The Bertz CT molecular complexity index is 921. The van der Waals surface area contributed by atoms with Crippen LogP contribution in [-0.2, 0) is 4.74 Å². The number of nitrogens with zero attached hydrogens (tertiary/aromatic N) is 2. The number of nitrogens with one attached hydrogen (secondary N) is 1. The molecule has 2 fully saturated rings. The van der Waals surface area contributed by atoms with E-state index in [4.69, 9.17) is 27.9 Å². The predicted octanol–water partition coefficient (Wildman–Crippen LogP) is 5.11. The summed E-state index contributed by atoms with van der Waals surface area (Å²) >= 11 is 12.7. The fourth-order valence-electron chi connectivity index (χ4n) is 2.87. The molecule has 27 heavy (non-hydrogen) atoms. The molecule has 7 heteroatoms. The summed E-state index contributed by atoms with van der Waals surface area (Å²) in [6.07, 6.45) is 8.03. The van der Waals surface area contributed by atoms with Gasteiger partial charge in [-0.1, -0.05) is 53.6 Å². The van der Waals surface area contributed by atoms with Crippen molar-refractivity contribution in [1.29, 1.82) is 0 Å². The maximum Gasteiger partial charge on any atom is 0.358 e. The van der Waals surface area contributed by atoms with Crippen LogP contribution in [0.5, 0.6) is 0 Å². The highest BCUT2D eigenvalue weighted by Gasteiger charge is 2.42. The van der Waals surface area contributed by atoms with Gasteiger partial charge in [-0.2, -0.15) is 0 Å². The number of halogens is 2. The number of aromatic nitrogens is 2. The van der Waals surface area contributed by atoms with E-state index >= 15 is 0 Å². The van der Waals surface area contributed by atoms with Crippen molar-refractivity contribution < 1.29 is 9.53 Å². The maximum absolute atomic E-state index is 12.1. The molecule has 1 aromatic heterocycles. The number of hydrogen-bond acceptors (Lipinski definition) is 5. The molecule has 1 heterocycles. The highest BCUT2D eigenvalue weighted by molar-refractivity contribution is 6.35. The SMILES string of the molecule is COC(=O)c1nc(C2CC2)nc(NC2(/C=C/c3ccccc3Cl)CC2)c1Cl. The minimum atomic E-state index is -0.552. The number of carbonyl (C=O) groups is 1. The number of methoxy groups -OCH3 is 1. The minimum absolute atomic E-state index is 0.115. The second-order valence-electron chi connectivity index (χ2n) is 6.99. The number of anilines is 1. The molecule has 2 saturated carbocycles. The van der Waals surface area contributed by atoms with Gasteiger partial charge in [0.2, 0.25) is 0 Å². The molecule has 0 unspecified atom stereocenters. The molecule has 4 rings (SSSR count). The van der Waals surface area contributed by atoms with Crippen LogP contribution in [-0.4, -0.2) is 28.6 Å². The van der Waals surface area contributed by atoms with E-state index in [1.165, 1.54) is 7.11 Å². The van der Waals surface area contributed by atoms with Crippen LogP contribution in [0.4, 0.5) is 5.82 Å². The maximum atomic E-state index is 12.1. The molecular formula is C20H19Cl2N3O2. The molecule has 0 spiro atoms. The highest BCUT2D eigenvalue weighted by atomic mass is 35.5. The van der Waals surface area contributed by atoms with Crippen LogP contribution in [0.15, 0.2) is 30.3 Å². The van der Waals surface area contributed by atoms with Crippen LogP contribution in [0, 0.1) is 0 Å². The Balaban J connectivity index is 1.62. The molecule has 2 aliphatic carbocycles. The van der Waals surface area contributed by atoms with Crippen molar-refractivity contribution in [3.63, 3.8) is 0 Å². The van der Waals surface area contributed by atoms with Gasteiger partial charge >= 0.3 is 5.97 Å². The molecule has 1 N–H and O–H groups in total. The Morgan fingerprint density at radius 2 is 2.00 bits per heavy atom. The minimum Gasteiger partial charge on any atom is -0.464 e. The number of carbonyl (C=O) groups excluding carboxylic acids is 1.